The molecule has 156 valence electrons. The van der Waals surface area contributed by atoms with Crippen molar-refractivity contribution in [2.75, 3.05) is 12.4 Å². The molecular weight excluding hydrogens is 404 g/mol. The van der Waals surface area contributed by atoms with Gasteiger partial charge in [-0.1, -0.05) is 0 Å². The number of rotatable bonds is 4. The zero-order valence-corrected chi connectivity index (χ0v) is 16.0. The molecule has 6 nitrogen and oxygen atoms in total. The number of nitrogens with one attached hydrogen (secondary N) is 1. The van der Waals surface area contributed by atoms with Gasteiger partial charge in [0.05, 0.1) is 30.2 Å². The van der Waals surface area contributed by atoms with E-state index in [-0.39, 0.29) is 35.2 Å². The Balaban J connectivity index is 1.85. The number of aromatic nitrogens is 3. The molecule has 1 aliphatic rings. The number of halogens is 4. The molecule has 10 heteroatoms. The van der Waals surface area contributed by atoms with Crippen LogP contribution in [0.3, 0.4) is 0 Å². The van der Waals surface area contributed by atoms with E-state index in [1.54, 1.807) is 6.92 Å². The molecule has 0 fully saturated rings. The van der Waals surface area contributed by atoms with Gasteiger partial charge in [0.1, 0.15) is 11.6 Å². The van der Waals surface area contributed by atoms with Crippen LogP contribution >= 0.6 is 0 Å². The number of fused-ring (bicyclic) bond motifs is 1. The van der Waals surface area contributed by atoms with Crippen LogP contribution in [0.1, 0.15) is 29.4 Å². The number of hydrogen-bond acceptors (Lipinski definition) is 5. The Hall–Kier alpha value is -3.43. The molecule has 1 aliphatic heterocycles. The van der Waals surface area contributed by atoms with Gasteiger partial charge in [0, 0.05) is 12.1 Å². The summed E-state index contributed by atoms with van der Waals surface area (Å²) in [6.45, 7) is 1.58. The van der Waals surface area contributed by atoms with Gasteiger partial charge >= 0.3 is 5.56 Å². The second kappa shape index (κ2) is 7.43. The Labute approximate surface area is 168 Å². The summed E-state index contributed by atoms with van der Waals surface area (Å²) in [5, 5.41) is 2.80. The Morgan fingerprint density at radius 2 is 1.80 bits per heavy atom. The second-order valence-corrected chi connectivity index (χ2v) is 6.87. The third-order valence-electron chi connectivity index (χ3n) is 4.98. The summed E-state index contributed by atoms with van der Waals surface area (Å²) >= 11 is 0. The van der Waals surface area contributed by atoms with Crippen molar-refractivity contribution in [3.05, 3.63) is 74.8 Å². The van der Waals surface area contributed by atoms with Gasteiger partial charge < -0.3 is 14.6 Å². The van der Waals surface area contributed by atoms with Crippen molar-refractivity contribution < 1.29 is 22.3 Å². The highest BCUT2D eigenvalue weighted by Gasteiger charge is 2.31. The molecule has 1 atom stereocenters. The smallest absolute Gasteiger partial charge is 0.310 e. The number of anilines is 2. The molecule has 1 aromatic carbocycles. The molecule has 3 heterocycles. The van der Waals surface area contributed by atoms with Crippen LogP contribution in [0, 0.1) is 30.2 Å². The van der Waals surface area contributed by atoms with Crippen molar-refractivity contribution >= 4 is 11.6 Å². The van der Waals surface area contributed by atoms with E-state index in [1.165, 1.54) is 11.7 Å². The van der Waals surface area contributed by atoms with E-state index in [2.05, 4.69) is 15.3 Å². The zero-order chi connectivity index (χ0) is 21.6. The number of pyridine rings is 1. The number of aryl methyl sites for hydroxylation is 1. The van der Waals surface area contributed by atoms with E-state index in [9.17, 15) is 22.4 Å². The number of hydrogen-bond donors (Lipinski definition) is 1. The second-order valence-electron chi connectivity index (χ2n) is 6.87. The number of methoxy groups -OCH3 is 1. The first-order valence-electron chi connectivity index (χ1n) is 9.03. The van der Waals surface area contributed by atoms with E-state index in [4.69, 9.17) is 4.74 Å². The minimum absolute atomic E-state index is 0.0479. The molecule has 0 saturated carbocycles. The quantitative estimate of drug-likeness (QED) is 0.651. The van der Waals surface area contributed by atoms with Gasteiger partial charge in [0.15, 0.2) is 5.82 Å². The lowest BCUT2D eigenvalue weighted by Crippen LogP contribution is -2.23. The number of ether oxygens (including phenoxy) is 1. The molecule has 0 radical (unpaired) electrons. The maximum atomic E-state index is 14.5. The average molecular weight is 420 g/mol. The van der Waals surface area contributed by atoms with Crippen LogP contribution in [0.5, 0.6) is 5.88 Å². The minimum atomic E-state index is -1.09. The third-order valence-corrected chi connectivity index (χ3v) is 4.98. The first-order valence-corrected chi connectivity index (χ1v) is 9.03. The maximum absolute atomic E-state index is 14.5. The topological polar surface area (TPSA) is 69.0 Å². The van der Waals surface area contributed by atoms with Crippen LogP contribution in [-0.2, 0) is 6.42 Å². The highest BCUT2D eigenvalue weighted by atomic mass is 19.1. The first kappa shape index (κ1) is 19.9. The summed E-state index contributed by atoms with van der Waals surface area (Å²) < 4.78 is 62.3. The van der Waals surface area contributed by atoms with Crippen LogP contribution in [-0.4, -0.2) is 21.6 Å². The summed E-state index contributed by atoms with van der Waals surface area (Å²) in [6, 6.07) is 3.45. The van der Waals surface area contributed by atoms with Crippen molar-refractivity contribution in [3.8, 4) is 5.88 Å². The van der Waals surface area contributed by atoms with Gasteiger partial charge in [0.25, 0.3) is 0 Å². The van der Waals surface area contributed by atoms with Gasteiger partial charge in [-0.15, -0.1) is 0 Å². The molecule has 3 aromatic rings. The largest absolute Gasteiger partial charge is 0.479 e. The van der Waals surface area contributed by atoms with Crippen LogP contribution < -0.4 is 15.6 Å². The summed E-state index contributed by atoms with van der Waals surface area (Å²) in [6.07, 6.45) is 0.461. The molecule has 0 aliphatic carbocycles. The van der Waals surface area contributed by atoms with Crippen molar-refractivity contribution in [2.45, 2.75) is 25.8 Å². The lowest BCUT2D eigenvalue weighted by atomic mass is 10.0. The Bertz CT molecular complexity index is 1190. The fourth-order valence-corrected chi connectivity index (χ4v) is 3.65. The fourth-order valence-electron chi connectivity index (χ4n) is 3.65. The molecule has 1 unspecified atom stereocenters. The molecule has 0 amide bonds. The Kier molecular flexibility index (Phi) is 4.92. The SMILES string of the molecule is COc1nc(C)c(Nc2nc(=O)c(F)c3n2C(c2cc(F)cc(F)c2)CC3)cc1F. The third kappa shape index (κ3) is 3.38. The van der Waals surface area contributed by atoms with Crippen LogP contribution in [0.4, 0.5) is 29.2 Å². The van der Waals surface area contributed by atoms with Crippen LogP contribution in [0.2, 0.25) is 0 Å². The number of nitrogens with zero attached hydrogens (tertiary/aromatic N) is 3. The van der Waals surface area contributed by atoms with Crippen LogP contribution in [0.25, 0.3) is 0 Å². The summed E-state index contributed by atoms with van der Waals surface area (Å²) in [5.74, 6) is -3.63. The van der Waals surface area contributed by atoms with E-state index >= 15 is 0 Å². The van der Waals surface area contributed by atoms with Gasteiger partial charge in [-0.3, -0.25) is 4.79 Å². The van der Waals surface area contributed by atoms with E-state index < -0.39 is 34.9 Å². The predicted molar refractivity (Wildman–Crippen MR) is 100 cm³/mol. The minimum Gasteiger partial charge on any atom is -0.479 e. The summed E-state index contributed by atoms with van der Waals surface area (Å²) in [4.78, 5) is 19.7. The van der Waals surface area contributed by atoms with Crippen molar-refractivity contribution in [1.82, 2.24) is 14.5 Å². The normalized spacial score (nSPS) is 15.2. The van der Waals surface area contributed by atoms with Gasteiger partial charge in [-0.05, 0) is 37.5 Å². The van der Waals surface area contributed by atoms with Crippen LogP contribution in [0.15, 0.2) is 29.1 Å². The predicted octanol–water partition coefficient (Wildman–Crippen LogP) is 3.79. The standard InChI is InChI=1S/C20H16F4N4O2/c1-9-14(8-13(23)19(25-9)30-2)26-20-27-18(29)17(24)16-4-3-15(28(16)20)10-5-11(21)7-12(22)6-10/h5-8,15H,3-4H2,1-2H3,(H,26,27,29). The highest BCUT2D eigenvalue weighted by molar-refractivity contribution is 5.58. The molecule has 0 bridgehead atoms. The molecule has 0 saturated heterocycles. The molecule has 0 spiro atoms. The zero-order valence-electron chi connectivity index (χ0n) is 16.0. The maximum Gasteiger partial charge on any atom is 0.310 e. The first-order chi connectivity index (χ1) is 14.3. The van der Waals surface area contributed by atoms with Crippen molar-refractivity contribution in [1.29, 1.82) is 0 Å². The van der Waals surface area contributed by atoms with Gasteiger partial charge in [-0.2, -0.15) is 9.37 Å². The van der Waals surface area contributed by atoms with E-state index in [1.807, 2.05) is 0 Å². The Morgan fingerprint density at radius 3 is 2.47 bits per heavy atom. The lowest BCUT2D eigenvalue weighted by Gasteiger charge is -2.21. The fraction of sp³-hybridized carbons (Fsp3) is 0.250. The van der Waals surface area contributed by atoms with E-state index in [0.717, 1.165) is 24.3 Å². The summed E-state index contributed by atoms with van der Waals surface area (Å²) in [7, 11) is 1.27. The molecule has 30 heavy (non-hydrogen) atoms. The van der Waals surface area contributed by atoms with Crippen molar-refractivity contribution in [3.63, 3.8) is 0 Å². The average Bonchev–Trinajstić information content (AvgIpc) is 3.13. The lowest BCUT2D eigenvalue weighted by molar-refractivity contribution is 0.368. The van der Waals surface area contributed by atoms with Gasteiger partial charge in [-0.25, -0.2) is 18.2 Å². The molecule has 2 aromatic heterocycles. The highest BCUT2D eigenvalue weighted by Crippen LogP contribution is 2.36. The summed E-state index contributed by atoms with van der Waals surface area (Å²) in [5.41, 5.74) is -0.263. The van der Waals surface area contributed by atoms with Crippen molar-refractivity contribution in [2.24, 2.45) is 0 Å². The molecule has 1 N–H and O–H groups in total. The molecule has 4 rings (SSSR count). The monoisotopic (exact) mass is 420 g/mol. The number of benzene rings is 1. The van der Waals surface area contributed by atoms with E-state index in [0.29, 0.717) is 12.1 Å². The van der Waals surface area contributed by atoms with Gasteiger partial charge in [0.2, 0.25) is 17.6 Å². The molecular formula is C20H16F4N4O2. The Morgan fingerprint density at radius 1 is 1.10 bits per heavy atom.